The monoisotopic (exact) mass is 264 g/mol. The van der Waals surface area contributed by atoms with E-state index in [1.165, 1.54) is 26.8 Å². The fourth-order valence-electron chi connectivity index (χ4n) is 2.41. The first-order chi connectivity index (χ1) is 9.36. The van der Waals surface area contributed by atoms with Gasteiger partial charge < -0.3 is 0 Å². The van der Waals surface area contributed by atoms with Gasteiger partial charge in [-0.1, -0.05) is 54.6 Å². The molecule has 0 saturated carbocycles. The molecule has 3 rings (SSSR count). The van der Waals surface area contributed by atoms with Crippen LogP contribution in [0, 0.1) is 0 Å². The van der Waals surface area contributed by atoms with E-state index >= 15 is 0 Å². The summed E-state index contributed by atoms with van der Waals surface area (Å²) >= 11 is 1.79. The molecule has 0 nitrogen and oxygen atoms in total. The van der Waals surface area contributed by atoms with Gasteiger partial charge in [-0.3, -0.25) is 0 Å². The van der Waals surface area contributed by atoms with Gasteiger partial charge in [0.1, 0.15) is 0 Å². The van der Waals surface area contributed by atoms with E-state index in [9.17, 15) is 0 Å². The number of fused-ring (bicyclic) bond motifs is 1. The van der Waals surface area contributed by atoms with E-state index < -0.39 is 0 Å². The number of hydrogen-bond donors (Lipinski definition) is 0. The van der Waals surface area contributed by atoms with Gasteiger partial charge in [-0.25, -0.2) is 0 Å². The van der Waals surface area contributed by atoms with Crippen LogP contribution in [0.1, 0.15) is 11.1 Å². The lowest BCUT2D eigenvalue weighted by Gasteiger charge is -2.07. The summed E-state index contributed by atoms with van der Waals surface area (Å²) in [6.07, 6.45) is 3.11. The second-order valence-electron chi connectivity index (χ2n) is 4.66. The van der Waals surface area contributed by atoms with Crippen LogP contribution in [-0.4, -0.2) is 6.26 Å². The Hall–Kier alpha value is -1.73. The smallest absolute Gasteiger partial charge is 0.00693 e. The predicted molar refractivity (Wildman–Crippen MR) is 85.0 cm³/mol. The van der Waals surface area contributed by atoms with Gasteiger partial charge in [0, 0.05) is 4.90 Å². The second kappa shape index (κ2) is 5.50. The minimum absolute atomic E-state index is 0.996. The van der Waals surface area contributed by atoms with Crippen molar-refractivity contribution in [3.8, 4) is 0 Å². The maximum Gasteiger partial charge on any atom is 0.00693 e. The molecule has 0 saturated heterocycles. The molecule has 0 spiro atoms. The number of rotatable bonds is 3. The third-order valence-electron chi connectivity index (χ3n) is 3.43. The van der Waals surface area contributed by atoms with Crippen molar-refractivity contribution in [2.45, 2.75) is 11.3 Å². The fourth-order valence-corrected chi connectivity index (χ4v) is 2.82. The van der Waals surface area contributed by atoms with Crippen LogP contribution in [0.5, 0.6) is 0 Å². The summed E-state index contributed by atoms with van der Waals surface area (Å²) in [5.41, 5.74) is 2.77. The van der Waals surface area contributed by atoms with Crippen molar-refractivity contribution in [1.29, 1.82) is 0 Å². The van der Waals surface area contributed by atoms with Crippen molar-refractivity contribution < 1.29 is 0 Å². The molecule has 94 valence electrons. The van der Waals surface area contributed by atoms with Crippen LogP contribution in [0.15, 0.2) is 71.6 Å². The third-order valence-corrected chi connectivity index (χ3v) is 4.18. The third kappa shape index (κ3) is 2.66. The molecule has 0 radical (unpaired) electrons. The van der Waals surface area contributed by atoms with Crippen molar-refractivity contribution in [1.82, 2.24) is 0 Å². The Morgan fingerprint density at radius 1 is 0.789 bits per heavy atom. The molecule has 0 amide bonds. The van der Waals surface area contributed by atoms with Crippen LogP contribution in [0.2, 0.25) is 0 Å². The lowest BCUT2D eigenvalue weighted by atomic mass is 9.99. The molecule has 0 aliphatic rings. The van der Waals surface area contributed by atoms with Gasteiger partial charge in [-0.2, -0.15) is 0 Å². The predicted octanol–water partition coefficient (Wildman–Crippen LogP) is 5.15. The first-order valence-corrected chi connectivity index (χ1v) is 7.69. The van der Waals surface area contributed by atoms with Crippen LogP contribution in [0.25, 0.3) is 10.8 Å². The summed E-state index contributed by atoms with van der Waals surface area (Å²) in [6.45, 7) is 0. The topological polar surface area (TPSA) is 0 Å². The zero-order valence-corrected chi connectivity index (χ0v) is 11.8. The van der Waals surface area contributed by atoms with Gasteiger partial charge >= 0.3 is 0 Å². The zero-order chi connectivity index (χ0) is 13.1. The highest BCUT2D eigenvalue weighted by atomic mass is 32.2. The van der Waals surface area contributed by atoms with Gasteiger partial charge in [0.15, 0.2) is 0 Å². The Kier molecular flexibility index (Phi) is 3.56. The van der Waals surface area contributed by atoms with Crippen LogP contribution >= 0.6 is 11.8 Å². The second-order valence-corrected chi connectivity index (χ2v) is 5.54. The van der Waals surface area contributed by atoms with Crippen molar-refractivity contribution in [2.75, 3.05) is 6.26 Å². The molecule has 3 aromatic carbocycles. The van der Waals surface area contributed by atoms with Crippen LogP contribution < -0.4 is 0 Å². The van der Waals surface area contributed by atoms with E-state index in [2.05, 4.69) is 73.0 Å². The molecule has 0 fully saturated rings. The van der Waals surface area contributed by atoms with E-state index in [4.69, 9.17) is 0 Å². The first-order valence-electron chi connectivity index (χ1n) is 6.46. The number of benzene rings is 3. The quantitative estimate of drug-likeness (QED) is 0.589. The van der Waals surface area contributed by atoms with Gasteiger partial charge in [-0.15, -0.1) is 11.8 Å². The summed E-state index contributed by atoms with van der Waals surface area (Å²) in [4.78, 5) is 1.32. The average molecular weight is 264 g/mol. The molecule has 1 heteroatoms. The Labute approximate surface area is 118 Å². The molecule has 0 bridgehead atoms. The van der Waals surface area contributed by atoms with Crippen molar-refractivity contribution in [3.63, 3.8) is 0 Å². The lowest BCUT2D eigenvalue weighted by molar-refractivity contribution is 1.20. The molecule has 0 atom stereocenters. The highest BCUT2D eigenvalue weighted by Crippen LogP contribution is 2.22. The highest BCUT2D eigenvalue weighted by Gasteiger charge is 2.01. The molecular weight excluding hydrogens is 248 g/mol. The molecule has 0 N–H and O–H groups in total. The molecule has 0 aliphatic heterocycles. The van der Waals surface area contributed by atoms with E-state index in [0.717, 1.165) is 6.42 Å². The molecular formula is C18H16S. The standard InChI is InChI=1S/C18H16S/c1-19-17-11-9-14(10-12-17)13-16-7-4-6-15-5-2-3-8-18(15)16/h2-12H,13H2,1H3. The van der Waals surface area contributed by atoms with E-state index in [0.29, 0.717) is 0 Å². The minimum atomic E-state index is 0.996. The van der Waals surface area contributed by atoms with Crippen molar-refractivity contribution >= 4 is 22.5 Å². The van der Waals surface area contributed by atoms with E-state index in [1.54, 1.807) is 11.8 Å². The van der Waals surface area contributed by atoms with E-state index in [1.807, 2.05) is 0 Å². The normalized spacial score (nSPS) is 10.8. The van der Waals surface area contributed by atoms with Crippen LogP contribution in [0.3, 0.4) is 0 Å². The minimum Gasteiger partial charge on any atom is -0.130 e. The Balaban J connectivity index is 1.96. The maximum absolute atomic E-state index is 2.23. The van der Waals surface area contributed by atoms with Gasteiger partial charge in [-0.05, 0) is 46.7 Å². The maximum atomic E-state index is 2.23. The van der Waals surface area contributed by atoms with Crippen LogP contribution in [0.4, 0.5) is 0 Å². The first kappa shape index (κ1) is 12.3. The summed E-state index contributed by atoms with van der Waals surface area (Å²) in [6, 6.07) is 24.0. The largest absolute Gasteiger partial charge is 0.130 e. The number of hydrogen-bond acceptors (Lipinski definition) is 1. The fraction of sp³-hybridized carbons (Fsp3) is 0.111. The lowest BCUT2D eigenvalue weighted by Crippen LogP contribution is -1.89. The summed E-state index contributed by atoms with van der Waals surface area (Å²) in [5, 5.41) is 2.68. The average Bonchev–Trinajstić information content (AvgIpc) is 2.48. The van der Waals surface area contributed by atoms with E-state index in [-0.39, 0.29) is 0 Å². The van der Waals surface area contributed by atoms with Gasteiger partial charge in [0.05, 0.1) is 0 Å². The van der Waals surface area contributed by atoms with Crippen molar-refractivity contribution in [3.05, 3.63) is 77.9 Å². The van der Waals surface area contributed by atoms with Gasteiger partial charge in [0.25, 0.3) is 0 Å². The Morgan fingerprint density at radius 2 is 1.53 bits per heavy atom. The highest BCUT2D eigenvalue weighted by molar-refractivity contribution is 7.98. The SMILES string of the molecule is CSc1ccc(Cc2cccc3ccccc23)cc1. The molecule has 19 heavy (non-hydrogen) atoms. The molecule has 0 aromatic heterocycles. The molecule has 0 heterocycles. The summed E-state index contributed by atoms with van der Waals surface area (Å²) in [7, 11) is 0. The van der Waals surface area contributed by atoms with Crippen LogP contribution in [-0.2, 0) is 6.42 Å². The van der Waals surface area contributed by atoms with Crippen molar-refractivity contribution in [2.24, 2.45) is 0 Å². The summed E-state index contributed by atoms with van der Waals surface area (Å²) < 4.78 is 0. The molecule has 0 aliphatic carbocycles. The number of thioether (sulfide) groups is 1. The molecule has 0 unspecified atom stereocenters. The Bertz CT molecular complexity index is 678. The molecule has 3 aromatic rings. The zero-order valence-electron chi connectivity index (χ0n) is 11.0. The Morgan fingerprint density at radius 3 is 2.32 bits per heavy atom. The summed E-state index contributed by atoms with van der Waals surface area (Å²) in [5.74, 6) is 0. The van der Waals surface area contributed by atoms with Gasteiger partial charge in [0.2, 0.25) is 0 Å².